The van der Waals surface area contributed by atoms with E-state index in [1.165, 1.54) is 22.4 Å². The Morgan fingerprint density at radius 1 is 1.22 bits per heavy atom. The summed E-state index contributed by atoms with van der Waals surface area (Å²) in [6, 6.07) is 12.1. The van der Waals surface area contributed by atoms with Crippen molar-refractivity contribution in [3.8, 4) is 11.8 Å². The summed E-state index contributed by atoms with van der Waals surface area (Å²) in [5.41, 5.74) is -0.492. The second kappa shape index (κ2) is 7.49. The quantitative estimate of drug-likeness (QED) is 0.472. The standard InChI is InChI=1S/C20H17F2N3OS/c1-20(2,12-23)9-10-27-19-24-16-6-4-3-5-14(16)18(26)25(19)17-8-7-13(21)11-15(17)22/h3-8,11H,9-10H2,1-2H3. The molecule has 0 aliphatic rings. The topological polar surface area (TPSA) is 58.7 Å². The Kier molecular flexibility index (Phi) is 5.29. The van der Waals surface area contributed by atoms with Gasteiger partial charge in [0.2, 0.25) is 0 Å². The first-order valence-corrected chi connectivity index (χ1v) is 9.32. The van der Waals surface area contributed by atoms with Crippen molar-refractivity contribution in [2.75, 3.05) is 5.75 Å². The molecule has 0 saturated carbocycles. The van der Waals surface area contributed by atoms with Gasteiger partial charge in [0, 0.05) is 11.8 Å². The van der Waals surface area contributed by atoms with E-state index in [1.54, 1.807) is 24.3 Å². The second-order valence-electron chi connectivity index (χ2n) is 6.74. The van der Waals surface area contributed by atoms with Crippen LogP contribution in [0.15, 0.2) is 52.4 Å². The Labute approximate surface area is 159 Å². The van der Waals surface area contributed by atoms with Crippen LogP contribution in [0.4, 0.5) is 8.78 Å². The zero-order valence-electron chi connectivity index (χ0n) is 14.9. The summed E-state index contributed by atoms with van der Waals surface area (Å²) in [7, 11) is 0. The lowest BCUT2D eigenvalue weighted by molar-refractivity contribution is 0.481. The molecule has 1 aromatic heterocycles. The predicted octanol–water partition coefficient (Wildman–Crippen LogP) is 4.70. The molecular weight excluding hydrogens is 368 g/mol. The van der Waals surface area contributed by atoms with Crippen LogP contribution in [0, 0.1) is 28.4 Å². The van der Waals surface area contributed by atoms with Gasteiger partial charge in [-0.15, -0.1) is 0 Å². The average molecular weight is 385 g/mol. The summed E-state index contributed by atoms with van der Waals surface area (Å²) in [5, 5.41) is 9.81. The molecule has 0 amide bonds. The molecule has 3 aromatic rings. The van der Waals surface area contributed by atoms with Gasteiger partial charge in [-0.25, -0.2) is 13.8 Å². The molecular formula is C20H17F2N3OS. The Balaban J connectivity index is 2.13. The third-order valence-corrected chi connectivity index (χ3v) is 5.10. The SMILES string of the molecule is CC(C)(C#N)CCSc1nc2ccccc2c(=O)n1-c1ccc(F)cc1F. The van der Waals surface area contributed by atoms with Crippen LogP contribution >= 0.6 is 11.8 Å². The lowest BCUT2D eigenvalue weighted by Crippen LogP contribution is -2.23. The van der Waals surface area contributed by atoms with Crippen molar-refractivity contribution in [1.29, 1.82) is 5.26 Å². The van der Waals surface area contributed by atoms with Gasteiger partial charge >= 0.3 is 0 Å². The summed E-state index contributed by atoms with van der Waals surface area (Å²) in [4.78, 5) is 17.5. The Bertz CT molecular complexity index is 1100. The molecule has 0 radical (unpaired) electrons. The van der Waals surface area contributed by atoms with Crippen LogP contribution in [0.3, 0.4) is 0 Å². The van der Waals surface area contributed by atoms with Crippen LogP contribution in [-0.2, 0) is 0 Å². The van der Waals surface area contributed by atoms with E-state index >= 15 is 0 Å². The summed E-state index contributed by atoms with van der Waals surface area (Å²) in [6.45, 7) is 3.65. The van der Waals surface area contributed by atoms with Crippen molar-refractivity contribution < 1.29 is 8.78 Å². The third-order valence-electron chi connectivity index (χ3n) is 4.16. The zero-order valence-corrected chi connectivity index (χ0v) is 15.7. The van der Waals surface area contributed by atoms with Gasteiger partial charge in [0.05, 0.1) is 28.1 Å². The van der Waals surface area contributed by atoms with E-state index < -0.39 is 22.6 Å². The highest BCUT2D eigenvalue weighted by Gasteiger charge is 2.19. The molecule has 0 aliphatic carbocycles. The third kappa shape index (κ3) is 4.01. The van der Waals surface area contributed by atoms with E-state index in [2.05, 4.69) is 11.1 Å². The lowest BCUT2D eigenvalue weighted by atomic mass is 9.93. The molecule has 0 unspecified atom stereocenters. The van der Waals surface area contributed by atoms with Gasteiger partial charge in [-0.1, -0.05) is 23.9 Å². The number of nitrogens with zero attached hydrogens (tertiary/aromatic N) is 3. The van der Waals surface area contributed by atoms with Gasteiger partial charge in [0.25, 0.3) is 5.56 Å². The number of hydrogen-bond acceptors (Lipinski definition) is 4. The first kappa shape index (κ1) is 19.1. The van der Waals surface area contributed by atoms with Gasteiger partial charge in [0.1, 0.15) is 11.6 Å². The fourth-order valence-corrected chi connectivity index (χ4v) is 3.81. The van der Waals surface area contributed by atoms with Crippen molar-refractivity contribution in [2.24, 2.45) is 5.41 Å². The van der Waals surface area contributed by atoms with Crippen LogP contribution in [0.25, 0.3) is 16.6 Å². The van der Waals surface area contributed by atoms with Gasteiger partial charge in [-0.3, -0.25) is 9.36 Å². The minimum Gasteiger partial charge on any atom is -0.268 e. The summed E-state index contributed by atoms with van der Waals surface area (Å²) < 4.78 is 28.9. The highest BCUT2D eigenvalue weighted by Crippen LogP contribution is 2.27. The molecule has 0 N–H and O–H groups in total. The fourth-order valence-electron chi connectivity index (χ4n) is 2.54. The smallest absolute Gasteiger partial charge is 0.266 e. The largest absolute Gasteiger partial charge is 0.268 e. The van der Waals surface area contributed by atoms with Gasteiger partial charge in [-0.05, 0) is 44.5 Å². The molecule has 2 aromatic carbocycles. The normalized spacial score (nSPS) is 11.5. The zero-order chi connectivity index (χ0) is 19.6. The molecule has 138 valence electrons. The highest BCUT2D eigenvalue weighted by molar-refractivity contribution is 7.99. The molecule has 27 heavy (non-hydrogen) atoms. The van der Waals surface area contributed by atoms with E-state index in [0.717, 1.165) is 12.1 Å². The minimum absolute atomic E-state index is 0.0540. The van der Waals surface area contributed by atoms with Crippen molar-refractivity contribution in [3.05, 3.63) is 64.5 Å². The van der Waals surface area contributed by atoms with E-state index in [-0.39, 0.29) is 5.69 Å². The molecule has 0 fully saturated rings. The number of thioether (sulfide) groups is 1. The van der Waals surface area contributed by atoms with Crippen LogP contribution < -0.4 is 5.56 Å². The number of halogens is 2. The number of hydrogen-bond donors (Lipinski definition) is 0. The number of fused-ring (bicyclic) bond motifs is 1. The minimum atomic E-state index is -0.839. The molecule has 0 aliphatic heterocycles. The van der Waals surface area contributed by atoms with Crippen molar-refractivity contribution in [2.45, 2.75) is 25.4 Å². The maximum Gasteiger partial charge on any atom is 0.266 e. The highest BCUT2D eigenvalue weighted by atomic mass is 32.2. The van der Waals surface area contributed by atoms with Crippen LogP contribution in [0.5, 0.6) is 0 Å². The summed E-state index contributed by atoms with van der Waals surface area (Å²) in [5.74, 6) is -1.04. The molecule has 7 heteroatoms. The van der Waals surface area contributed by atoms with Crippen molar-refractivity contribution in [3.63, 3.8) is 0 Å². The second-order valence-corrected chi connectivity index (χ2v) is 7.80. The average Bonchev–Trinajstić information content (AvgIpc) is 2.63. The van der Waals surface area contributed by atoms with Crippen molar-refractivity contribution >= 4 is 22.7 Å². The van der Waals surface area contributed by atoms with E-state index in [9.17, 15) is 13.6 Å². The Hall–Kier alpha value is -2.72. The number of rotatable bonds is 5. The van der Waals surface area contributed by atoms with Crippen LogP contribution in [-0.4, -0.2) is 15.3 Å². The molecule has 3 rings (SSSR count). The van der Waals surface area contributed by atoms with Crippen LogP contribution in [0.1, 0.15) is 20.3 Å². The van der Waals surface area contributed by atoms with Gasteiger partial charge in [0.15, 0.2) is 5.16 Å². The lowest BCUT2D eigenvalue weighted by Gasteiger charge is -2.16. The molecule has 4 nitrogen and oxygen atoms in total. The van der Waals surface area contributed by atoms with E-state index in [0.29, 0.717) is 28.2 Å². The fraction of sp³-hybridized carbons (Fsp3) is 0.250. The molecule has 0 atom stereocenters. The molecule has 0 saturated heterocycles. The van der Waals surface area contributed by atoms with E-state index in [4.69, 9.17) is 5.26 Å². The van der Waals surface area contributed by atoms with Gasteiger partial charge < -0.3 is 0 Å². The number of para-hydroxylation sites is 1. The monoisotopic (exact) mass is 385 g/mol. The maximum absolute atomic E-state index is 14.4. The predicted molar refractivity (Wildman–Crippen MR) is 102 cm³/mol. The van der Waals surface area contributed by atoms with E-state index in [1.807, 2.05) is 13.8 Å². The Morgan fingerprint density at radius 3 is 2.67 bits per heavy atom. The molecule has 0 spiro atoms. The van der Waals surface area contributed by atoms with Gasteiger partial charge in [-0.2, -0.15) is 5.26 Å². The number of aromatic nitrogens is 2. The number of benzene rings is 2. The Morgan fingerprint density at radius 2 is 1.96 bits per heavy atom. The first-order valence-electron chi connectivity index (χ1n) is 8.34. The summed E-state index contributed by atoms with van der Waals surface area (Å²) >= 11 is 1.27. The molecule has 0 bridgehead atoms. The first-order chi connectivity index (χ1) is 12.8. The molecule has 1 heterocycles. The maximum atomic E-state index is 14.4. The number of nitriles is 1. The van der Waals surface area contributed by atoms with Crippen LogP contribution in [0.2, 0.25) is 0 Å². The summed E-state index contributed by atoms with van der Waals surface area (Å²) in [6.07, 6.45) is 0.572. The van der Waals surface area contributed by atoms with Crippen molar-refractivity contribution in [1.82, 2.24) is 9.55 Å².